The van der Waals surface area contributed by atoms with Crippen LogP contribution in [0.3, 0.4) is 0 Å². The van der Waals surface area contributed by atoms with Gasteiger partial charge in [0, 0.05) is 43.9 Å². The minimum atomic E-state index is -0.0392. The lowest BCUT2D eigenvalue weighted by Gasteiger charge is -2.40. The molecule has 178 valence electrons. The minimum Gasteiger partial charge on any atom is -0.355 e. The summed E-state index contributed by atoms with van der Waals surface area (Å²) >= 11 is 7.53. The number of rotatable bonds is 8. The van der Waals surface area contributed by atoms with Gasteiger partial charge in [0.25, 0.3) is 5.91 Å². The highest BCUT2D eigenvalue weighted by Gasteiger charge is 2.29. The number of aromatic nitrogens is 2. The van der Waals surface area contributed by atoms with E-state index in [1.54, 1.807) is 6.07 Å². The number of hydrogen-bond donors (Lipinski definition) is 1. The number of piperazine rings is 1. The third-order valence-electron chi connectivity index (χ3n) is 5.55. The van der Waals surface area contributed by atoms with Gasteiger partial charge in [-0.3, -0.25) is 9.59 Å². The van der Waals surface area contributed by atoms with E-state index < -0.39 is 0 Å². The van der Waals surface area contributed by atoms with Crippen LogP contribution in [0.1, 0.15) is 43.1 Å². The van der Waals surface area contributed by atoms with E-state index in [2.05, 4.69) is 34.0 Å². The Balaban J connectivity index is 1.59. The molecule has 1 aromatic carbocycles. The van der Waals surface area contributed by atoms with E-state index in [4.69, 9.17) is 11.6 Å². The molecule has 0 spiro atoms. The summed E-state index contributed by atoms with van der Waals surface area (Å²) in [6.45, 7) is 10.9. The van der Waals surface area contributed by atoms with Crippen LogP contribution in [0.2, 0.25) is 5.15 Å². The van der Waals surface area contributed by atoms with Crippen LogP contribution in [0.5, 0.6) is 0 Å². The predicted octanol–water partition coefficient (Wildman–Crippen LogP) is 4.04. The van der Waals surface area contributed by atoms with E-state index in [9.17, 15) is 9.59 Å². The van der Waals surface area contributed by atoms with Crippen molar-refractivity contribution in [3.8, 4) is 0 Å². The SMILES string of the molecule is Cc1ccc(C(=O)N2CCN(c3cc(Cl)nc(SCC(=O)NCCC(C)C)n3)CC2C)cc1. The Labute approximate surface area is 205 Å². The summed E-state index contributed by atoms with van der Waals surface area (Å²) < 4.78 is 0. The van der Waals surface area contributed by atoms with E-state index in [-0.39, 0.29) is 23.6 Å². The number of nitrogens with zero attached hydrogens (tertiary/aromatic N) is 4. The highest BCUT2D eigenvalue weighted by atomic mass is 35.5. The normalized spacial score (nSPS) is 16.2. The summed E-state index contributed by atoms with van der Waals surface area (Å²) in [7, 11) is 0. The fourth-order valence-corrected chi connectivity index (χ4v) is 4.53. The summed E-state index contributed by atoms with van der Waals surface area (Å²) in [5.41, 5.74) is 1.84. The van der Waals surface area contributed by atoms with Crippen LogP contribution in [0.25, 0.3) is 0 Å². The van der Waals surface area contributed by atoms with E-state index in [0.717, 1.165) is 12.0 Å². The lowest BCUT2D eigenvalue weighted by atomic mass is 10.1. The molecule has 1 fully saturated rings. The first-order chi connectivity index (χ1) is 15.7. The van der Waals surface area contributed by atoms with Gasteiger partial charge < -0.3 is 15.1 Å². The van der Waals surface area contributed by atoms with Gasteiger partial charge in [0.2, 0.25) is 5.91 Å². The molecule has 0 aliphatic carbocycles. The molecule has 2 aromatic rings. The molecular weight excluding hydrogens is 458 g/mol. The van der Waals surface area contributed by atoms with Crippen molar-refractivity contribution in [1.29, 1.82) is 0 Å². The summed E-state index contributed by atoms with van der Waals surface area (Å²) in [5, 5.41) is 3.73. The Morgan fingerprint density at radius 1 is 1.21 bits per heavy atom. The first-order valence-corrected chi connectivity index (χ1v) is 12.7. The van der Waals surface area contributed by atoms with Gasteiger partial charge in [-0.05, 0) is 38.3 Å². The maximum Gasteiger partial charge on any atom is 0.254 e. The Bertz CT molecular complexity index is 970. The quantitative estimate of drug-likeness (QED) is 0.342. The molecule has 9 heteroatoms. The van der Waals surface area contributed by atoms with Crippen molar-refractivity contribution >= 4 is 41.0 Å². The fourth-order valence-electron chi connectivity index (χ4n) is 3.62. The van der Waals surface area contributed by atoms with Crippen molar-refractivity contribution in [3.63, 3.8) is 0 Å². The summed E-state index contributed by atoms with van der Waals surface area (Å²) in [6.07, 6.45) is 0.949. The minimum absolute atomic E-state index is 0.0177. The molecule has 1 aliphatic rings. The standard InChI is InChI=1S/C24H32ClN5O2S/c1-16(2)9-10-26-22(31)15-33-24-27-20(25)13-21(28-24)29-11-12-30(18(4)14-29)23(32)19-7-5-17(3)6-8-19/h5-8,13,16,18H,9-12,14-15H2,1-4H3,(H,26,31). The number of carbonyl (C=O) groups is 2. The van der Waals surface area contributed by atoms with Gasteiger partial charge in [0.05, 0.1) is 5.75 Å². The maximum atomic E-state index is 13.0. The van der Waals surface area contributed by atoms with Crippen LogP contribution in [0.4, 0.5) is 5.82 Å². The van der Waals surface area contributed by atoms with Crippen molar-refractivity contribution < 1.29 is 9.59 Å². The molecule has 7 nitrogen and oxygen atoms in total. The average Bonchev–Trinajstić information content (AvgIpc) is 2.77. The van der Waals surface area contributed by atoms with Crippen LogP contribution >= 0.6 is 23.4 Å². The number of thioether (sulfide) groups is 1. The topological polar surface area (TPSA) is 78.4 Å². The van der Waals surface area contributed by atoms with Crippen molar-refractivity contribution in [2.75, 3.05) is 36.8 Å². The third-order valence-corrected chi connectivity index (χ3v) is 6.59. The number of hydrogen-bond acceptors (Lipinski definition) is 6. The molecule has 0 saturated carbocycles. The lowest BCUT2D eigenvalue weighted by molar-refractivity contribution is -0.118. The van der Waals surface area contributed by atoms with Gasteiger partial charge in [-0.25, -0.2) is 9.97 Å². The fraction of sp³-hybridized carbons (Fsp3) is 0.500. The lowest BCUT2D eigenvalue weighted by Crippen LogP contribution is -2.54. The van der Waals surface area contributed by atoms with Crippen LogP contribution in [-0.4, -0.2) is 64.7 Å². The predicted molar refractivity (Wildman–Crippen MR) is 134 cm³/mol. The van der Waals surface area contributed by atoms with Crippen LogP contribution in [0.15, 0.2) is 35.5 Å². The van der Waals surface area contributed by atoms with Gasteiger partial charge in [-0.2, -0.15) is 0 Å². The van der Waals surface area contributed by atoms with Gasteiger partial charge in [-0.15, -0.1) is 0 Å². The first-order valence-electron chi connectivity index (χ1n) is 11.3. The van der Waals surface area contributed by atoms with Gasteiger partial charge >= 0.3 is 0 Å². The molecule has 3 rings (SSSR count). The summed E-state index contributed by atoms with van der Waals surface area (Å²) in [5.74, 6) is 1.51. The molecule has 1 aliphatic heterocycles. The number of amides is 2. The van der Waals surface area contributed by atoms with Gasteiger partial charge in [0.1, 0.15) is 11.0 Å². The molecule has 1 N–H and O–H groups in total. The zero-order chi connectivity index (χ0) is 24.0. The molecule has 33 heavy (non-hydrogen) atoms. The Morgan fingerprint density at radius 3 is 2.61 bits per heavy atom. The van der Waals surface area contributed by atoms with E-state index in [0.29, 0.717) is 53.8 Å². The number of benzene rings is 1. The third kappa shape index (κ3) is 7.33. The monoisotopic (exact) mass is 489 g/mol. The number of nitrogens with one attached hydrogen (secondary N) is 1. The van der Waals surface area contributed by atoms with E-state index in [1.807, 2.05) is 43.0 Å². The van der Waals surface area contributed by atoms with Crippen LogP contribution < -0.4 is 10.2 Å². The van der Waals surface area contributed by atoms with Crippen molar-refractivity contribution in [2.24, 2.45) is 5.92 Å². The van der Waals surface area contributed by atoms with Crippen molar-refractivity contribution in [2.45, 2.75) is 45.3 Å². The second-order valence-electron chi connectivity index (χ2n) is 8.81. The zero-order valence-corrected chi connectivity index (χ0v) is 21.2. The first kappa shape index (κ1) is 25.3. The van der Waals surface area contributed by atoms with Crippen LogP contribution in [-0.2, 0) is 4.79 Å². The molecule has 1 aromatic heterocycles. The Morgan fingerprint density at radius 2 is 1.94 bits per heavy atom. The Hall–Kier alpha value is -2.32. The smallest absolute Gasteiger partial charge is 0.254 e. The molecule has 2 heterocycles. The van der Waals surface area contributed by atoms with Crippen LogP contribution in [0, 0.1) is 12.8 Å². The average molecular weight is 490 g/mol. The zero-order valence-electron chi connectivity index (χ0n) is 19.7. The van der Waals surface area contributed by atoms with E-state index in [1.165, 1.54) is 11.8 Å². The van der Waals surface area contributed by atoms with E-state index >= 15 is 0 Å². The molecule has 2 amide bonds. The van der Waals surface area contributed by atoms with Crippen molar-refractivity contribution in [1.82, 2.24) is 20.2 Å². The number of aryl methyl sites for hydroxylation is 1. The van der Waals surface area contributed by atoms with Gasteiger partial charge in [-0.1, -0.05) is 54.9 Å². The second-order valence-corrected chi connectivity index (χ2v) is 10.1. The summed E-state index contributed by atoms with van der Waals surface area (Å²) in [4.78, 5) is 37.9. The number of carbonyl (C=O) groups excluding carboxylic acids is 2. The largest absolute Gasteiger partial charge is 0.355 e. The number of halogens is 1. The van der Waals surface area contributed by atoms with Gasteiger partial charge in [0.15, 0.2) is 5.16 Å². The Kier molecular flexibility index (Phi) is 8.97. The summed E-state index contributed by atoms with van der Waals surface area (Å²) in [6, 6.07) is 9.43. The number of anilines is 1. The molecule has 1 unspecified atom stereocenters. The highest BCUT2D eigenvalue weighted by molar-refractivity contribution is 7.99. The maximum absolute atomic E-state index is 13.0. The van der Waals surface area contributed by atoms with Crippen molar-refractivity contribution in [3.05, 3.63) is 46.6 Å². The highest BCUT2D eigenvalue weighted by Crippen LogP contribution is 2.24. The molecule has 1 saturated heterocycles. The molecular formula is C24H32ClN5O2S. The molecule has 1 atom stereocenters. The molecule has 0 bridgehead atoms. The molecule has 0 radical (unpaired) electrons. The second kappa shape index (κ2) is 11.7.